The van der Waals surface area contributed by atoms with E-state index in [1.807, 2.05) is 48.5 Å². The summed E-state index contributed by atoms with van der Waals surface area (Å²) in [5.41, 5.74) is 4.60. The first-order valence-electron chi connectivity index (χ1n) is 9.92. The molecule has 10 heteroatoms. The van der Waals surface area contributed by atoms with E-state index in [-0.39, 0.29) is 24.8 Å². The minimum Gasteiger partial charge on any atom is -0.494 e. The molecule has 5 aromatic rings. The first kappa shape index (κ1) is 25.3. The van der Waals surface area contributed by atoms with Gasteiger partial charge in [0.25, 0.3) is 0 Å². The van der Waals surface area contributed by atoms with Gasteiger partial charge >= 0.3 is 0 Å². The lowest BCUT2D eigenvalue weighted by atomic mass is 10.0. The standard InChI is InChI=1S/C24H20N4O3S.2ClH/c1-31-22-14-15(28-32(2,29)30)9-11-21(22)27-24-17-6-3-4-8-20(17)26-23-16-7-5-13-25-19(16)12-10-18(23)24;;/h3-14,28H,1-2H3,(H,26,27);2*1H. The van der Waals surface area contributed by atoms with Crippen LogP contribution in [0.4, 0.5) is 17.1 Å². The van der Waals surface area contributed by atoms with Gasteiger partial charge in [0.05, 0.1) is 47.0 Å². The van der Waals surface area contributed by atoms with Crippen LogP contribution in [-0.2, 0) is 10.0 Å². The largest absolute Gasteiger partial charge is 0.494 e. The number of anilines is 3. The number of nitrogens with one attached hydrogen (secondary N) is 2. The number of fused-ring (bicyclic) bond motifs is 4. The zero-order chi connectivity index (χ0) is 22.3. The number of para-hydroxylation sites is 1. The highest BCUT2D eigenvalue weighted by atomic mass is 35.5. The summed E-state index contributed by atoms with van der Waals surface area (Å²) < 4.78 is 31.2. The van der Waals surface area contributed by atoms with Gasteiger partial charge < -0.3 is 10.1 Å². The Hall–Kier alpha value is -3.33. The molecule has 2 heterocycles. The molecule has 0 saturated carbocycles. The maximum atomic E-state index is 11.6. The van der Waals surface area contributed by atoms with E-state index < -0.39 is 10.0 Å². The van der Waals surface area contributed by atoms with E-state index in [1.54, 1.807) is 31.5 Å². The van der Waals surface area contributed by atoms with E-state index in [9.17, 15) is 8.42 Å². The van der Waals surface area contributed by atoms with Crippen LogP contribution in [0.2, 0.25) is 0 Å². The Kier molecular flexibility index (Phi) is 7.35. The zero-order valence-corrected chi connectivity index (χ0v) is 20.7. The molecule has 7 nitrogen and oxygen atoms in total. The van der Waals surface area contributed by atoms with E-state index in [1.165, 1.54) is 0 Å². The number of ether oxygens (including phenoxy) is 1. The summed E-state index contributed by atoms with van der Waals surface area (Å²) in [6, 6.07) is 21.0. The molecule has 34 heavy (non-hydrogen) atoms. The zero-order valence-electron chi connectivity index (χ0n) is 18.3. The number of methoxy groups -OCH3 is 1. The fraction of sp³-hybridized carbons (Fsp3) is 0.0833. The van der Waals surface area contributed by atoms with Gasteiger partial charge in [-0.25, -0.2) is 13.4 Å². The van der Waals surface area contributed by atoms with Crippen molar-refractivity contribution in [1.29, 1.82) is 0 Å². The molecule has 5 rings (SSSR count). The number of benzene rings is 3. The summed E-state index contributed by atoms with van der Waals surface area (Å²) in [4.78, 5) is 9.37. The molecule has 0 bridgehead atoms. The van der Waals surface area contributed by atoms with E-state index >= 15 is 0 Å². The number of pyridine rings is 2. The molecule has 0 spiro atoms. The van der Waals surface area contributed by atoms with Crippen LogP contribution in [0.25, 0.3) is 32.7 Å². The van der Waals surface area contributed by atoms with Gasteiger partial charge in [0.1, 0.15) is 5.75 Å². The van der Waals surface area contributed by atoms with Crippen LogP contribution in [0.5, 0.6) is 5.75 Å². The highest BCUT2D eigenvalue weighted by Crippen LogP contribution is 2.38. The fourth-order valence-electron chi connectivity index (χ4n) is 3.85. The predicted octanol–water partition coefficient (Wildman–Crippen LogP) is 5.90. The number of halogens is 2. The minimum atomic E-state index is -3.39. The van der Waals surface area contributed by atoms with Crippen LogP contribution in [0.1, 0.15) is 0 Å². The number of rotatable bonds is 5. The molecule has 0 saturated heterocycles. The van der Waals surface area contributed by atoms with Crippen LogP contribution in [0, 0.1) is 0 Å². The van der Waals surface area contributed by atoms with Crippen molar-refractivity contribution in [3.63, 3.8) is 0 Å². The SMILES string of the molecule is COc1cc(NS(C)(=O)=O)ccc1Nc1c2ccccc2nc2c1ccc1ncccc12.Cl.Cl. The van der Waals surface area contributed by atoms with Gasteiger partial charge in [-0.1, -0.05) is 18.2 Å². The summed E-state index contributed by atoms with van der Waals surface area (Å²) in [6.45, 7) is 0. The molecule has 176 valence electrons. The Morgan fingerprint density at radius 1 is 0.853 bits per heavy atom. The number of hydrogen-bond acceptors (Lipinski definition) is 6. The van der Waals surface area contributed by atoms with Gasteiger partial charge in [0, 0.05) is 28.4 Å². The second-order valence-electron chi connectivity index (χ2n) is 7.45. The smallest absolute Gasteiger partial charge is 0.229 e. The summed E-state index contributed by atoms with van der Waals surface area (Å²) in [6.07, 6.45) is 2.88. The summed E-state index contributed by atoms with van der Waals surface area (Å²) in [5.74, 6) is 0.509. The van der Waals surface area contributed by atoms with Crippen molar-refractivity contribution in [2.75, 3.05) is 23.4 Å². The Bertz CT molecular complexity index is 1610. The lowest BCUT2D eigenvalue weighted by Gasteiger charge is -2.17. The van der Waals surface area contributed by atoms with Crippen molar-refractivity contribution in [3.8, 4) is 5.75 Å². The van der Waals surface area contributed by atoms with Gasteiger partial charge in [-0.05, 0) is 42.5 Å². The van der Waals surface area contributed by atoms with Crippen LogP contribution in [-0.4, -0.2) is 31.8 Å². The van der Waals surface area contributed by atoms with Crippen molar-refractivity contribution >= 4 is 84.6 Å². The highest BCUT2D eigenvalue weighted by Gasteiger charge is 2.14. The minimum absolute atomic E-state index is 0. The highest BCUT2D eigenvalue weighted by molar-refractivity contribution is 7.92. The molecule has 3 aromatic carbocycles. The quantitative estimate of drug-likeness (QED) is 0.223. The maximum absolute atomic E-state index is 11.6. The number of sulfonamides is 1. The van der Waals surface area contributed by atoms with Crippen molar-refractivity contribution in [1.82, 2.24) is 9.97 Å². The molecule has 0 aliphatic carbocycles. The Morgan fingerprint density at radius 2 is 1.62 bits per heavy atom. The van der Waals surface area contributed by atoms with E-state index in [2.05, 4.69) is 15.0 Å². The van der Waals surface area contributed by atoms with Gasteiger partial charge in [-0.15, -0.1) is 24.8 Å². The molecule has 0 unspecified atom stereocenters. The second kappa shape index (κ2) is 9.89. The molecule has 2 aromatic heterocycles. The van der Waals surface area contributed by atoms with Crippen LogP contribution < -0.4 is 14.8 Å². The van der Waals surface area contributed by atoms with Crippen LogP contribution in [0.15, 0.2) is 72.9 Å². The summed E-state index contributed by atoms with van der Waals surface area (Å²) >= 11 is 0. The molecule has 0 atom stereocenters. The molecule has 0 aliphatic heterocycles. The first-order chi connectivity index (χ1) is 15.4. The van der Waals surface area contributed by atoms with E-state index in [4.69, 9.17) is 9.72 Å². The van der Waals surface area contributed by atoms with Gasteiger partial charge in [0.15, 0.2) is 0 Å². The van der Waals surface area contributed by atoms with Gasteiger partial charge in [-0.2, -0.15) is 0 Å². The number of hydrogen-bond donors (Lipinski definition) is 2. The van der Waals surface area contributed by atoms with Crippen molar-refractivity contribution in [2.24, 2.45) is 0 Å². The Balaban J connectivity index is 0.00000162. The van der Waals surface area contributed by atoms with Gasteiger partial charge in [0.2, 0.25) is 10.0 Å². The molecular weight excluding hydrogens is 495 g/mol. The van der Waals surface area contributed by atoms with Gasteiger partial charge in [-0.3, -0.25) is 9.71 Å². The van der Waals surface area contributed by atoms with Crippen LogP contribution in [0.3, 0.4) is 0 Å². The summed E-state index contributed by atoms with van der Waals surface area (Å²) in [7, 11) is -1.84. The monoisotopic (exact) mass is 516 g/mol. The van der Waals surface area contributed by atoms with Crippen LogP contribution >= 0.6 is 24.8 Å². The topological polar surface area (TPSA) is 93.2 Å². The van der Waals surface area contributed by atoms with Crippen molar-refractivity contribution in [3.05, 3.63) is 72.9 Å². The molecule has 0 aliphatic rings. The fourth-order valence-corrected chi connectivity index (χ4v) is 4.40. The molecule has 0 amide bonds. The van der Waals surface area contributed by atoms with Crippen molar-refractivity contribution < 1.29 is 13.2 Å². The van der Waals surface area contributed by atoms with E-state index in [0.717, 1.165) is 44.7 Å². The maximum Gasteiger partial charge on any atom is 0.229 e. The summed E-state index contributed by atoms with van der Waals surface area (Å²) in [5, 5.41) is 6.38. The third-order valence-corrected chi connectivity index (χ3v) is 5.80. The number of aromatic nitrogens is 2. The molecule has 2 N–H and O–H groups in total. The first-order valence-corrected chi connectivity index (χ1v) is 11.8. The number of nitrogens with zero attached hydrogens (tertiary/aromatic N) is 2. The third-order valence-electron chi connectivity index (χ3n) is 5.20. The van der Waals surface area contributed by atoms with E-state index in [0.29, 0.717) is 17.1 Å². The molecular formula is C24H22Cl2N4O3S. The predicted molar refractivity (Wildman–Crippen MR) is 144 cm³/mol. The molecule has 0 fully saturated rings. The lowest BCUT2D eigenvalue weighted by molar-refractivity contribution is 0.417. The lowest BCUT2D eigenvalue weighted by Crippen LogP contribution is -2.09. The Labute approximate surface area is 209 Å². The third kappa shape index (κ3) is 4.79. The van der Waals surface area contributed by atoms with Crippen molar-refractivity contribution in [2.45, 2.75) is 0 Å². The Morgan fingerprint density at radius 3 is 2.38 bits per heavy atom. The second-order valence-corrected chi connectivity index (χ2v) is 9.20. The normalized spacial score (nSPS) is 11.0. The molecule has 0 radical (unpaired) electrons. The average molecular weight is 517 g/mol. The average Bonchev–Trinajstić information content (AvgIpc) is 2.78.